The monoisotopic (exact) mass is 915 g/mol. The van der Waals surface area contributed by atoms with Gasteiger partial charge in [0.2, 0.25) is 5.60 Å². The maximum Gasteiger partial charge on any atom is 0.394 e. The molecule has 64 heavy (non-hydrogen) atoms. The number of hydrogen-bond donors (Lipinski definition) is 1. The third kappa shape index (κ3) is 15.7. The number of ether oxygens (including phenoxy) is 7. The van der Waals surface area contributed by atoms with Crippen molar-refractivity contribution in [2.75, 3.05) is 0 Å². The smallest absolute Gasteiger partial charge is 0.394 e. The summed E-state index contributed by atoms with van der Waals surface area (Å²) in [4.78, 5) is 111. The number of rotatable bonds is 31. The third-order valence-corrected chi connectivity index (χ3v) is 12.3. The van der Waals surface area contributed by atoms with Crippen LogP contribution in [0.25, 0.3) is 0 Å². The molecule has 0 amide bonds. The third-order valence-electron chi connectivity index (χ3n) is 12.3. The van der Waals surface area contributed by atoms with Crippen molar-refractivity contribution in [1.29, 1.82) is 0 Å². The lowest BCUT2D eigenvalue weighted by molar-refractivity contribution is -0.278. The molecule has 0 radical (unpaired) electrons. The van der Waals surface area contributed by atoms with Crippen molar-refractivity contribution >= 4 is 47.8 Å². The quantitative estimate of drug-likeness (QED) is 0.0390. The highest BCUT2D eigenvalue weighted by molar-refractivity contribution is 5.89. The predicted octanol–water partition coefficient (Wildman–Crippen LogP) is 8.85. The highest BCUT2D eigenvalue weighted by Crippen LogP contribution is 2.41. The number of carboxylic acid groups (broad SMARTS) is 1. The highest BCUT2D eigenvalue weighted by Gasteiger charge is 2.63. The van der Waals surface area contributed by atoms with E-state index in [0.717, 1.165) is 0 Å². The minimum absolute atomic E-state index is 0.0688. The minimum Gasteiger partial charge on any atom is -0.475 e. The molecule has 0 aromatic rings. The summed E-state index contributed by atoms with van der Waals surface area (Å²) in [6.45, 7) is 26.1. The van der Waals surface area contributed by atoms with Crippen LogP contribution >= 0.6 is 0 Å². The lowest BCUT2D eigenvalue weighted by Gasteiger charge is -2.45. The molecule has 0 aliphatic heterocycles. The average molecular weight is 915 g/mol. The normalized spacial score (nSPS) is 17.7. The number of carbonyl (C=O) groups is 8. The maximum absolute atomic E-state index is 15.0. The van der Waals surface area contributed by atoms with Crippen molar-refractivity contribution in [2.45, 2.75) is 223 Å². The standard InChI is InChI=1S/C48H82O16/c1-17-25-30(11)39(50)58-34(15)38(60-40(51)31(12)26-18-2)33(14)42(53)64-48(44(55)56,63-41(52)32(13)29(9)10)36(27-19-3)59-45(57)47(24-8,61-37(49)28-20-4)46(16,23-7)62-43(54)35(21-5)22-6/h29-36,38H,17-28H2,1-16H3,(H,55,56). The molecular formula is C48H82O16. The molecule has 0 aliphatic rings. The number of carboxylic acids is 1. The number of carbonyl (C=O) groups excluding carboxylic acids is 7. The van der Waals surface area contributed by atoms with E-state index in [4.69, 9.17) is 33.2 Å². The first-order valence-electron chi connectivity index (χ1n) is 23.6. The first-order chi connectivity index (χ1) is 29.8. The Morgan fingerprint density at radius 3 is 1.42 bits per heavy atom. The van der Waals surface area contributed by atoms with E-state index >= 15 is 4.79 Å². The van der Waals surface area contributed by atoms with E-state index in [1.807, 2.05) is 13.8 Å². The van der Waals surface area contributed by atoms with Crippen LogP contribution in [0.5, 0.6) is 0 Å². The molecular weight excluding hydrogens is 833 g/mol. The van der Waals surface area contributed by atoms with Crippen molar-refractivity contribution < 1.29 is 76.6 Å². The zero-order valence-electron chi connectivity index (χ0n) is 41.8. The van der Waals surface area contributed by atoms with Crippen LogP contribution in [0, 0.1) is 35.5 Å². The molecule has 10 atom stereocenters. The zero-order chi connectivity index (χ0) is 49.7. The van der Waals surface area contributed by atoms with Crippen LogP contribution in [-0.2, 0) is 71.5 Å². The van der Waals surface area contributed by atoms with E-state index in [-0.39, 0.29) is 25.7 Å². The van der Waals surface area contributed by atoms with Gasteiger partial charge in [0.15, 0.2) is 17.8 Å². The zero-order valence-corrected chi connectivity index (χ0v) is 41.8. The van der Waals surface area contributed by atoms with Crippen LogP contribution < -0.4 is 0 Å². The van der Waals surface area contributed by atoms with Crippen molar-refractivity contribution in [3.63, 3.8) is 0 Å². The SMILES string of the molecule is CCCC(=O)OC(CC)(C(=O)OC(CCC)C(OC(=O)C(C)C(C)C)(OC(=O)C(C)C(OC(=O)C(C)CCC)C(C)OC(=O)C(C)CCC)C(=O)O)C(C)(CC)OC(=O)C(CC)CC. The van der Waals surface area contributed by atoms with Gasteiger partial charge in [-0.05, 0) is 78.1 Å². The van der Waals surface area contributed by atoms with Gasteiger partial charge >= 0.3 is 53.5 Å². The first-order valence-corrected chi connectivity index (χ1v) is 23.6. The van der Waals surface area contributed by atoms with Crippen LogP contribution in [-0.4, -0.2) is 88.2 Å². The topological polar surface area (TPSA) is 221 Å². The van der Waals surface area contributed by atoms with Crippen LogP contribution in [0.1, 0.15) is 188 Å². The Hall–Kier alpha value is -4.24. The van der Waals surface area contributed by atoms with Gasteiger partial charge in [0.05, 0.1) is 29.6 Å². The summed E-state index contributed by atoms with van der Waals surface area (Å²) in [5.41, 5.74) is -4.27. The summed E-state index contributed by atoms with van der Waals surface area (Å²) in [6.07, 6.45) is -2.36. The van der Waals surface area contributed by atoms with Crippen molar-refractivity contribution in [3.05, 3.63) is 0 Å². The van der Waals surface area contributed by atoms with E-state index in [2.05, 4.69) is 0 Å². The van der Waals surface area contributed by atoms with Gasteiger partial charge in [-0.15, -0.1) is 0 Å². The molecule has 16 nitrogen and oxygen atoms in total. The van der Waals surface area contributed by atoms with Crippen molar-refractivity contribution in [1.82, 2.24) is 0 Å². The van der Waals surface area contributed by atoms with Crippen LogP contribution in [0.15, 0.2) is 0 Å². The Morgan fingerprint density at radius 2 is 1.02 bits per heavy atom. The van der Waals surface area contributed by atoms with Crippen LogP contribution in [0.3, 0.4) is 0 Å². The second kappa shape index (κ2) is 27.9. The molecule has 1 N–H and O–H groups in total. The molecule has 10 unspecified atom stereocenters. The Labute approximate surface area is 382 Å². The average Bonchev–Trinajstić information content (AvgIpc) is 3.23. The molecule has 0 heterocycles. The Bertz CT molecular complexity index is 1540. The van der Waals surface area contributed by atoms with E-state index in [1.165, 1.54) is 34.6 Å². The fourth-order valence-corrected chi connectivity index (χ4v) is 7.18. The maximum atomic E-state index is 15.0. The Kier molecular flexibility index (Phi) is 26.1. The van der Waals surface area contributed by atoms with Crippen molar-refractivity contribution in [3.8, 4) is 0 Å². The molecule has 0 rings (SSSR count). The molecule has 0 aromatic heterocycles. The van der Waals surface area contributed by atoms with Crippen molar-refractivity contribution in [2.24, 2.45) is 35.5 Å². The summed E-state index contributed by atoms with van der Waals surface area (Å²) in [7, 11) is 0. The van der Waals surface area contributed by atoms with Gasteiger partial charge in [0.25, 0.3) is 0 Å². The van der Waals surface area contributed by atoms with Gasteiger partial charge in [-0.3, -0.25) is 28.8 Å². The molecule has 0 saturated heterocycles. The molecule has 370 valence electrons. The summed E-state index contributed by atoms with van der Waals surface area (Å²) in [5, 5.41) is 11.1. The minimum atomic E-state index is -3.39. The van der Waals surface area contributed by atoms with Crippen LogP contribution in [0.2, 0.25) is 0 Å². The van der Waals surface area contributed by atoms with Gasteiger partial charge in [0.1, 0.15) is 6.10 Å². The predicted molar refractivity (Wildman–Crippen MR) is 237 cm³/mol. The summed E-state index contributed by atoms with van der Waals surface area (Å²) < 4.78 is 41.2. The fourth-order valence-electron chi connectivity index (χ4n) is 7.18. The van der Waals surface area contributed by atoms with Crippen LogP contribution in [0.4, 0.5) is 0 Å². The largest absolute Gasteiger partial charge is 0.475 e. The Balaban J connectivity index is 7.99. The summed E-state index contributed by atoms with van der Waals surface area (Å²) in [6, 6.07) is 0. The highest BCUT2D eigenvalue weighted by atomic mass is 16.8. The van der Waals surface area contributed by atoms with E-state index < -0.39 is 125 Å². The van der Waals surface area contributed by atoms with E-state index in [0.29, 0.717) is 44.9 Å². The lowest BCUT2D eigenvalue weighted by Crippen LogP contribution is -2.65. The Morgan fingerprint density at radius 1 is 0.531 bits per heavy atom. The number of esters is 7. The second-order valence-electron chi connectivity index (χ2n) is 17.7. The summed E-state index contributed by atoms with van der Waals surface area (Å²) >= 11 is 0. The van der Waals surface area contributed by atoms with Gasteiger partial charge in [-0.2, -0.15) is 0 Å². The van der Waals surface area contributed by atoms with Gasteiger partial charge < -0.3 is 38.3 Å². The molecule has 16 heteroatoms. The molecule has 0 aliphatic carbocycles. The summed E-state index contributed by atoms with van der Waals surface area (Å²) in [5.74, 6) is -16.8. The molecule has 0 saturated carbocycles. The van der Waals surface area contributed by atoms with E-state index in [9.17, 15) is 38.7 Å². The van der Waals surface area contributed by atoms with Gasteiger partial charge in [-0.25, -0.2) is 9.59 Å². The van der Waals surface area contributed by atoms with Gasteiger partial charge in [-0.1, -0.05) is 109 Å². The molecule has 0 spiro atoms. The molecule has 0 aromatic carbocycles. The van der Waals surface area contributed by atoms with Gasteiger partial charge in [0, 0.05) is 6.42 Å². The second-order valence-corrected chi connectivity index (χ2v) is 17.7. The number of aliphatic carboxylic acids is 1. The van der Waals surface area contributed by atoms with E-state index in [1.54, 1.807) is 62.3 Å². The fraction of sp³-hybridized carbons (Fsp3) is 0.833. The first kappa shape index (κ1) is 59.8. The molecule has 0 fully saturated rings. The number of hydrogen-bond acceptors (Lipinski definition) is 15. The molecule has 0 bridgehead atoms. The lowest BCUT2D eigenvalue weighted by atomic mass is 9.79.